The third-order valence-electron chi connectivity index (χ3n) is 5.08. The van der Waals surface area contributed by atoms with Gasteiger partial charge in [-0.05, 0) is 50.1 Å². The van der Waals surface area contributed by atoms with Crippen LogP contribution in [-0.4, -0.2) is 17.1 Å². The van der Waals surface area contributed by atoms with Gasteiger partial charge >= 0.3 is 5.97 Å². The van der Waals surface area contributed by atoms with Crippen LogP contribution in [0, 0.1) is 6.92 Å². The molecule has 31 heavy (non-hydrogen) atoms. The third-order valence-corrected chi connectivity index (χ3v) is 6.31. The summed E-state index contributed by atoms with van der Waals surface area (Å²) >= 11 is 7.27. The lowest BCUT2D eigenvalue weighted by Crippen LogP contribution is -2.39. The Bertz CT molecular complexity index is 1350. The first-order valence-corrected chi connectivity index (χ1v) is 11.1. The summed E-state index contributed by atoms with van der Waals surface area (Å²) < 4.78 is 7.44. The Balaban J connectivity index is 1.94. The number of carbonyl (C=O) groups excluding carboxylic acids is 1. The number of thiazole rings is 1. The molecule has 1 aliphatic heterocycles. The molecule has 4 rings (SSSR count). The molecule has 0 saturated heterocycles. The van der Waals surface area contributed by atoms with Crippen molar-refractivity contribution >= 4 is 35.0 Å². The highest BCUT2D eigenvalue weighted by Crippen LogP contribution is 2.30. The number of halogens is 1. The summed E-state index contributed by atoms with van der Waals surface area (Å²) in [5.41, 5.74) is 3.54. The second-order valence-electron chi connectivity index (χ2n) is 7.26. The van der Waals surface area contributed by atoms with Crippen LogP contribution in [0.25, 0.3) is 6.08 Å². The molecule has 1 unspecified atom stereocenters. The predicted molar refractivity (Wildman–Crippen MR) is 123 cm³/mol. The van der Waals surface area contributed by atoms with Gasteiger partial charge in [0, 0.05) is 5.02 Å². The minimum Gasteiger partial charge on any atom is -0.463 e. The zero-order chi connectivity index (χ0) is 22.1. The van der Waals surface area contributed by atoms with Gasteiger partial charge in [-0.1, -0.05) is 64.9 Å². The van der Waals surface area contributed by atoms with Crippen LogP contribution in [-0.2, 0) is 9.53 Å². The van der Waals surface area contributed by atoms with E-state index in [1.165, 1.54) is 11.3 Å². The molecule has 1 atom stereocenters. The zero-order valence-electron chi connectivity index (χ0n) is 17.4. The fraction of sp³-hybridized carbons (Fsp3) is 0.208. The van der Waals surface area contributed by atoms with Gasteiger partial charge in [-0.2, -0.15) is 0 Å². The molecule has 2 aromatic carbocycles. The summed E-state index contributed by atoms with van der Waals surface area (Å²) in [5, 5.41) is 0.632. The standard InChI is InChI=1S/C24H21ClN2O3S/c1-4-30-23(29)20-15(3)26-24-27(21(20)17-9-5-14(2)6-10-17)22(28)19(31-24)13-16-7-11-18(25)12-8-16/h5-13,21H,4H2,1-3H3/b19-13+. The molecule has 5 nitrogen and oxygen atoms in total. The van der Waals surface area contributed by atoms with Gasteiger partial charge in [-0.3, -0.25) is 9.36 Å². The van der Waals surface area contributed by atoms with E-state index in [2.05, 4.69) is 4.99 Å². The Morgan fingerprint density at radius 3 is 2.48 bits per heavy atom. The highest BCUT2D eigenvalue weighted by Gasteiger charge is 2.33. The molecule has 0 N–H and O–H groups in total. The molecule has 0 spiro atoms. The summed E-state index contributed by atoms with van der Waals surface area (Å²) in [6.07, 6.45) is 1.82. The van der Waals surface area contributed by atoms with Crippen LogP contribution < -0.4 is 14.9 Å². The van der Waals surface area contributed by atoms with Gasteiger partial charge in [0.2, 0.25) is 0 Å². The maximum absolute atomic E-state index is 13.4. The van der Waals surface area contributed by atoms with Gasteiger partial charge in [0.25, 0.3) is 5.56 Å². The van der Waals surface area contributed by atoms with E-state index in [4.69, 9.17) is 16.3 Å². The summed E-state index contributed by atoms with van der Waals surface area (Å²) in [6.45, 7) is 5.78. The fourth-order valence-corrected chi connectivity index (χ4v) is 4.74. The first kappa shape index (κ1) is 21.3. The predicted octanol–water partition coefficient (Wildman–Crippen LogP) is 3.76. The molecule has 2 heterocycles. The molecule has 0 fully saturated rings. The molecule has 0 radical (unpaired) electrons. The van der Waals surface area contributed by atoms with E-state index < -0.39 is 12.0 Å². The van der Waals surface area contributed by atoms with Crippen LogP contribution in [0.1, 0.15) is 36.6 Å². The van der Waals surface area contributed by atoms with Crippen molar-refractivity contribution in [1.29, 1.82) is 0 Å². The van der Waals surface area contributed by atoms with Gasteiger partial charge in [-0.15, -0.1) is 0 Å². The number of benzene rings is 2. The normalized spacial score (nSPS) is 16.1. The Labute approximate surface area is 188 Å². The van der Waals surface area contributed by atoms with Crippen molar-refractivity contribution in [3.05, 3.63) is 101 Å². The lowest BCUT2D eigenvalue weighted by atomic mass is 9.95. The van der Waals surface area contributed by atoms with Gasteiger partial charge in [0.1, 0.15) is 0 Å². The number of ether oxygens (including phenoxy) is 1. The molecule has 0 aliphatic carbocycles. The van der Waals surface area contributed by atoms with E-state index in [0.717, 1.165) is 16.7 Å². The Hall–Kier alpha value is -2.96. The molecular formula is C24H21ClN2O3S. The van der Waals surface area contributed by atoms with Crippen molar-refractivity contribution in [3.63, 3.8) is 0 Å². The number of hydrogen-bond acceptors (Lipinski definition) is 5. The second kappa shape index (κ2) is 8.65. The van der Waals surface area contributed by atoms with Crippen LogP contribution in [0.4, 0.5) is 0 Å². The average Bonchev–Trinajstić information content (AvgIpc) is 3.04. The monoisotopic (exact) mass is 452 g/mol. The smallest absolute Gasteiger partial charge is 0.338 e. The Kier molecular flexibility index (Phi) is 5.94. The van der Waals surface area contributed by atoms with Crippen molar-refractivity contribution < 1.29 is 9.53 Å². The number of aromatic nitrogens is 1. The summed E-state index contributed by atoms with van der Waals surface area (Å²) in [4.78, 5) is 31.4. The van der Waals surface area contributed by atoms with E-state index in [0.29, 0.717) is 25.6 Å². The van der Waals surface area contributed by atoms with Gasteiger partial charge in [0.05, 0.1) is 28.5 Å². The van der Waals surface area contributed by atoms with Crippen molar-refractivity contribution in [2.75, 3.05) is 6.61 Å². The number of rotatable bonds is 4. The highest BCUT2D eigenvalue weighted by atomic mass is 35.5. The summed E-state index contributed by atoms with van der Waals surface area (Å²) in [5.74, 6) is -0.457. The minimum absolute atomic E-state index is 0.196. The number of hydrogen-bond donors (Lipinski definition) is 0. The fourth-order valence-electron chi connectivity index (χ4n) is 3.57. The second-order valence-corrected chi connectivity index (χ2v) is 8.71. The first-order valence-electron chi connectivity index (χ1n) is 9.91. The molecule has 3 aromatic rings. The molecule has 0 saturated carbocycles. The number of nitrogens with zero attached hydrogens (tertiary/aromatic N) is 2. The molecular weight excluding hydrogens is 432 g/mol. The molecule has 7 heteroatoms. The van der Waals surface area contributed by atoms with Crippen molar-refractivity contribution in [1.82, 2.24) is 4.57 Å². The van der Waals surface area contributed by atoms with E-state index in [9.17, 15) is 9.59 Å². The van der Waals surface area contributed by atoms with Gasteiger partial charge in [-0.25, -0.2) is 9.79 Å². The number of carbonyl (C=O) groups is 1. The summed E-state index contributed by atoms with van der Waals surface area (Å²) in [6, 6.07) is 14.5. The number of esters is 1. The number of allylic oxidation sites excluding steroid dienone is 1. The lowest BCUT2D eigenvalue weighted by molar-refractivity contribution is -0.139. The van der Waals surface area contributed by atoms with Crippen molar-refractivity contribution in [2.45, 2.75) is 26.8 Å². The molecule has 1 aliphatic rings. The van der Waals surface area contributed by atoms with Gasteiger partial charge < -0.3 is 4.74 Å². The van der Waals surface area contributed by atoms with Crippen LogP contribution >= 0.6 is 22.9 Å². The van der Waals surface area contributed by atoms with E-state index in [1.54, 1.807) is 30.5 Å². The number of fused-ring (bicyclic) bond motifs is 1. The average molecular weight is 453 g/mol. The molecule has 0 amide bonds. The first-order chi connectivity index (χ1) is 14.9. The van der Waals surface area contributed by atoms with Gasteiger partial charge in [0.15, 0.2) is 4.80 Å². The van der Waals surface area contributed by atoms with Crippen molar-refractivity contribution in [2.24, 2.45) is 4.99 Å². The Morgan fingerprint density at radius 1 is 1.16 bits per heavy atom. The zero-order valence-corrected chi connectivity index (χ0v) is 19.0. The lowest BCUT2D eigenvalue weighted by Gasteiger charge is -2.24. The number of aryl methyl sites for hydroxylation is 1. The van der Waals surface area contributed by atoms with Crippen molar-refractivity contribution in [3.8, 4) is 0 Å². The SMILES string of the molecule is CCOC(=O)C1=C(C)N=c2s/c(=C/c3ccc(Cl)cc3)c(=O)n2C1c1ccc(C)cc1. The minimum atomic E-state index is -0.594. The molecule has 0 bridgehead atoms. The largest absolute Gasteiger partial charge is 0.463 e. The molecule has 158 valence electrons. The maximum Gasteiger partial charge on any atom is 0.338 e. The highest BCUT2D eigenvalue weighted by molar-refractivity contribution is 7.07. The summed E-state index contributed by atoms with van der Waals surface area (Å²) in [7, 11) is 0. The maximum atomic E-state index is 13.4. The topological polar surface area (TPSA) is 60.7 Å². The van der Waals surface area contributed by atoms with Crippen LogP contribution in [0.15, 0.2) is 69.6 Å². The molecule has 1 aromatic heterocycles. The Morgan fingerprint density at radius 2 is 1.84 bits per heavy atom. The quantitative estimate of drug-likeness (QED) is 0.566. The van der Waals surface area contributed by atoms with E-state index in [-0.39, 0.29) is 12.2 Å². The van der Waals surface area contributed by atoms with Crippen LogP contribution in [0.5, 0.6) is 0 Å². The van der Waals surface area contributed by atoms with Crippen LogP contribution in [0.2, 0.25) is 5.02 Å². The van der Waals surface area contributed by atoms with Crippen LogP contribution in [0.3, 0.4) is 0 Å². The van der Waals surface area contributed by atoms with E-state index >= 15 is 0 Å². The third kappa shape index (κ3) is 4.13. The van der Waals surface area contributed by atoms with E-state index in [1.807, 2.05) is 49.4 Å².